The van der Waals surface area contributed by atoms with E-state index in [0.29, 0.717) is 16.3 Å². The highest BCUT2D eigenvalue weighted by Gasteiger charge is 2.21. The molecule has 0 heterocycles. The number of non-ortho nitro benzene ring substituents is 1. The van der Waals surface area contributed by atoms with Crippen LogP contribution in [0.15, 0.2) is 65.8 Å². The molecule has 0 radical (unpaired) electrons. The first-order valence-electron chi connectivity index (χ1n) is 8.74. The van der Waals surface area contributed by atoms with Crippen molar-refractivity contribution in [1.82, 2.24) is 0 Å². The van der Waals surface area contributed by atoms with Gasteiger partial charge in [0, 0.05) is 28.8 Å². The van der Waals surface area contributed by atoms with Gasteiger partial charge in [0.1, 0.15) is 0 Å². The van der Waals surface area contributed by atoms with E-state index in [1.807, 2.05) is 0 Å². The maximum atomic E-state index is 12.4. The van der Waals surface area contributed by atoms with Gasteiger partial charge in [0.2, 0.25) is 5.75 Å². The molecule has 0 saturated carbocycles. The van der Waals surface area contributed by atoms with Gasteiger partial charge in [0.15, 0.2) is 0 Å². The van der Waals surface area contributed by atoms with Crippen LogP contribution in [-0.2, 0) is 0 Å². The maximum absolute atomic E-state index is 12.4. The molecular weight excluding hydrogens is 463 g/mol. The number of rotatable bonds is 7. The molecule has 0 aromatic heterocycles. The molecule has 0 atom stereocenters. The number of carbonyl (C=O) groups is 1. The molecule has 0 bridgehead atoms. The van der Waals surface area contributed by atoms with E-state index >= 15 is 0 Å². The second-order valence-corrected chi connectivity index (χ2v) is 7.02. The van der Waals surface area contributed by atoms with Gasteiger partial charge in [-0.15, -0.1) is 0 Å². The van der Waals surface area contributed by atoms with Crippen LogP contribution in [-0.4, -0.2) is 22.0 Å². The minimum absolute atomic E-state index is 0.00306. The van der Waals surface area contributed by atoms with Gasteiger partial charge in [0.25, 0.3) is 5.69 Å². The molecule has 3 rings (SSSR count). The number of benzene rings is 3. The van der Waals surface area contributed by atoms with Gasteiger partial charge in [-0.1, -0.05) is 23.2 Å². The third kappa shape index (κ3) is 5.56. The van der Waals surface area contributed by atoms with Gasteiger partial charge in [-0.3, -0.25) is 25.7 Å². The molecular formula is C20H12Cl2N4O6. The first-order valence-corrected chi connectivity index (χ1v) is 9.49. The number of nitrogens with one attached hydrogen (secondary N) is 1. The highest BCUT2D eigenvalue weighted by atomic mass is 35.5. The van der Waals surface area contributed by atoms with Gasteiger partial charge < -0.3 is 4.74 Å². The predicted molar refractivity (Wildman–Crippen MR) is 119 cm³/mol. The van der Waals surface area contributed by atoms with Crippen molar-refractivity contribution in [1.29, 1.82) is 0 Å². The lowest BCUT2D eigenvalue weighted by molar-refractivity contribution is -0.385. The smallest absolute Gasteiger partial charge is 0.345 e. The summed E-state index contributed by atoms with van der Waals surface area (Å²) in [4.78, 5) is 33.2. The number of carbonyl (C=O) groups excluding carboxylic acids is 1. The molecule has 32 heavy (non-hydrogen) atoms. The van der Waals surface area contributed by atoms with Crippen molar-refractivity contribution >= 4 is 52.4 Å². The van der Waals surface area contributed by atoms with Gasteiger partial charge in [-0.2, -0.15) is 5.10 Å². The third-order valence-corrected chi connectivity index (χ3v) is 4.57. The Hall–Kier alpha value is -4.02. The van der Waals surface area contributed by atoms with Crippen LogP contribution in [0.1, 0.15) is 15.9 Å². The average molecular weight is 475 g/mol. The zero-order valence-corrected chi connectivity index (χ0v) is 17.4. The zero-order chi connectivity index (χ0) is 23.3. The van der Waals surface area contributed by atoms with E-state index in [-0.39, 0.29) is 22.0 Å². The van der Waals surface area contributed by atoms with Crippen LogP contribution in [0.5, 0.6) is 5.75 Å². The molecule has 10 nitrogen and oxygen atoms in total. The Morgan fingerprint density at radius 1 is 0.969 bits per heavy atom. The number of nitro benzene ring substituents is 2. The first-order chi connectivity index (χ1) is 15.2. The number of hydrazone groups is 1. The molecule has 0 amide bonds. The average Bonchev–Trinajstić information content (AvgIpc) is 2.74. The lowest BCUT2D eigenvalue weighted by atomic mass is 10.2. The molecule has 0 aliphatic carbocycles. The summed E-state index contributed by atoms with van der Waals surface area (Å²) in [6.07, 6.45) is 1.30. The molecule has 0 fully saturated rings. The number of nitrogens with zero attached hydrogens (tertiary/aromatic N) is 3. The molecule has 0 aliphatic rings. The summed E-state index contributed by atoms with van der Waals surface area (Å²) in [5, 5.41) is 26.4. The van der Waals surface area contributed by atoms with E-state index in [1.165, 1.54) is 66.9 Å². The van der Waals surface area contributed by atoms with E-state index in [1.54, 1.807) is 0 Å². The Labute approximate surface area is 190 Å². The SMILES string of the molecule is O=C(Oc1ccc(/C=N/Nc2ccc([N+](=O)[O-])cc2)cc1[N+](=O)[O-])c1ccc(Cl)cc1Cl. The van der Waals surface area contributed by atoms with Crippen LogP contribution in [0, 0.1) is 20.2 Å². The lowest BCUT2D eigenvalue weighted by Crippen LogP contribution is -2.10. The largest absolute Gasteiger partial charge is 0.416 e. The Bertz CT molecular complexity index is 1230. The van der Waals surface area contributed by atoms with Crippen LogP contribution in [0.25, 0.3) is 0 Å². The highest BCUT2D eigenvalue weighted by Crippen LogP contribution is 2.30. The summed E-state index contributed by atoms with van der Waals surface area (Å²) < 4.78 is 5.15. The van der Waals surface area contributed by atoms with Crippen molar-refractivity contribution in [3.8, 4) is 5.75 Å². The fourth-order valence-electron chi connectivity index (χ4n) is 2.49. The molecule has 0 spiro atoms. The molecule has 3 aromatic carbocycles. The number of hydrogen-bond acceptors (Lipinski definition) is 8. The van der Waals surface area contributed by atoms with Crippen molar-refractivity contribution in [3.63, 3.8) is 0 Å². The van der Waals surface area contributed by atoms with E-state index < -0.39 is 21.5 Å². The van der Waals surface area contributed by atoms with Gasteiger partial charge >= 0.3 is 11.7 Å². The molecule has 0 unspecified atom stereocenters. The van der Waals surface area contributed by atoms with E-state index in [0.717, 1.165) is 0 Å². The topological polar surface area (TPSA) is 137 Å². The Morgan fingerprint density at radius 2 is 1.69 bits per heavy atom. The third-order valence-electron chi connectivity index (χ3n) is 4.02. The summed E-state index contributed by atoms with van der Waals surface area (Å²) in [7, 11) is 0. The predicted octanol–water partition coefficient (Wildman–Crippen LogP) is 5.48. The summed E-state index contributed by atoms with van der Waals surface area (Å²) in [5.74, 6) is -1.15. The standard InChI is InChI=1S/C20H12Cl2N4O6/c21-13-2-7-16(17(22)10-13)20(27)32-19-8-1-12(9-18(19)26(30)31)11-23-24-14-3-5-15(6-4-14)25(28)29/h1-11,24H/b23-11+. The number of halogens is 2. The molecule has 1 N–H and O–H groups in total. The highest BCUT2D eigenvalue weighted by molar-refractivity contribution is 6.36. The lowest BCUT2D eigenvalue weighted by Gasteiger charge is -2.07. The molecule has 3 aromatic rings. The van der Waals surface area contributed by atoms with E-state index in [9.17, 15) is 25.0 Å². The maximum Gasteiger partial charge on any atom is 0.345 e. The monoisotopic (exact) mass is 474 g/mol. The van der Waals surface area contributed by atoms with Gasteiger partial charge in [0.05, 0.1) is 32.3 Å². The van der Waals surface area contributed by atoms with Crippen molar-refractivity contribution < 1.29 is 19.4 Å². The molecule has 0 saturated heterocycles. The summed E-state index contributed by atoms with van der Waals surface area (Å²) in [6.45, 7) is 0. The zero-order valence-electron chi connectivity index (χ0n) is 15.9. The number of ether oxygens (including phenoxy) is 1. The van der Waals surface area contributed by atoms with Crippen LogP contribution < -0.4 is 10.2 Å². The summed E-state index contributed by atoms with van der Waals surface area (Å²) in [6, 6.07) is 13.6. The van der Waals surface area contributed by atoms with Crippen molar-refractivity contribution in [2.24, 2.45) is 5.10 Å². The van der Waals surface area contributed by atoms with Crippen LogP contribution in [0.2, 0.25) is 10.0 Å². The van der Waals surface area contributed by atoms with Crippen LogP contribution in [0.3, 0.4) is 0 Å². The summed E-state index contributed by atoms with van der Waals surface area (Å²) in [5.41, 5.74) is 2.95. The van der Waals surface area contributed by atoms with Crippen molar-refractivity contribution in [3.05, 3.63) is 102 Å². The second kappa shape index (κ2) is 9.86. The van der Waals surface area contributed by atoms with Gasteiger partial charge in [-0.05, 0) is 42.5 Å². The Morgan fingerprint density at radius 3 is 2.31 bits per heavy atom. The van der Waals surface area contributed by atoms with E-state index in [2.05, 4.69) is 10.5 Å². The fraction of sp³-hybridized carbons (Fsp3) is 0. The minimum atomic E-state index is -0.879. The molecule has 12 heteroatoms. The number of esters is 1. The minimum Gasteiger partial charge on any atom is -0.416 e. The van der Waals surface area contributed by atoms with Crippen molar-refractivity contribution in [2.75, 3.05) is 5.43 Å². The van der Waals surface area contributed by atoms with Gasteiger partial charge in [-0.25, -0.2) is 4.79 Å². The Kier molecular flexibility index (Phi) is 6.98. The first kappa shape index (κ1) is 22.7. The van der Waals surface area contributed by atoms with Crippen LogP contribution in [0.4, 0.5) is 17.1 Å². The Balaban J connectivity index is 1.75. The quantitative estimate of drug-likeness (QED) is 0.157. The normalized spacial score (nSPS) is 10.7. The second-order valence-electron chi connectivity index (χ2n) is 6.17. The summed E-state index contributed by atoms with van der Waals surface area (Å²) >= 11 is 11.8. The number of nitro groups is 2. The molecule has 162 valence electrons. The fourth-order valence-corrected chi connectivity index (χ4v) is 2.98. The molecule has 0 aliphatic heterocycles. The van der Waals surface area contributed by atoms with E-state index in [4.69, 9.17) is 27.9 Å². The number of anilines is 1. The number of hydrogen-bond donors (Lipinski definition) is 1. The van der Waals surface area contributed by atoms with Crippen molar-refractivity contribution in [2.45, 2.75) is 0 Å². The van der Waals surface area contributed by atoms with Crippen LogP contribution >= 0.6 is 23.2 Å².